The van der Waals surface area contributed by atoms with Crippen molar-refractivity contribution in [3.8, 4) is 17.2 Å². The largest absolute Gasteiger partial charge is 0.497 e. The van der Waals surface area contributed by atoms with Gasteiger partial charge < -0.3 is 24.1 Å². The third kappa shape index (κ3) is 4.84. The van der Waals surface area contributed by atoms with Crippen molar-refractivity contribution in [1.29, 1.82) is 0 Å². The average molecular weight is 473 g/mol. The van der Waals surface area contributed by atoms with Crippen LogP contribution in [0.3, 0.4) is 0 Å². The predicted molar refractivity (Wildman–Crippen MR) is 131 cm³/mol. The number of methoxy groups -OCH3 is 3. The molecule has 2 aromatic carbocycles. The lowest BCUT2D eigenvalue weighted by atomic mass is 10.0. The number of amides is 1. The average Bonchev–Trinajstić information content (AvgIpc) is 2.90. The first-order chi connectivity index (χ1) is 16.9. The van der Waals surface area contributed by atoms with Gasteiger partial charge in [0, 0.05) is 35.9 Å². The molecule has 1 N–H and O–H groups in total. The van der Waals surface area contributed by atoms with Crippen LogP contribution >= 0.6 is 0 Å². The molecular formula is C26H23N3O6. The molecule has 0 bridgehead atoms. The molecule has 4 rings (SSSR count). The lowest BCUT2D eigenvalue weighted by Gasteiger charge is -2.16. The number of carbonyl (C=O) groups excluding carboxylic acids is 2. The summed E-state index contributed by atoms with van der Waals surface area (Å²) in [5.41, 5.74) is 0.756. The smallest absolute Gasteiger partial charge is 0.244 e. The van der Waals surface area contributed by atoms with Crippen LogP contribution in [0.15, 0.2) is 71.9 Å². The van der Waals surface area contributed by atoms with Gasteiger partial charge in [-0.1, -0.05) is 0 Å². The van der Waals surface area contributed by atoms with E-state index in [2.05, 4.69) is 10.3 Å². The molecule has 35 heavy (non-hydrogen) atoms. The first-order valence-corrected chi connectivity index (χ1v) is 10.6. The van der Waals surface area contributed by atoms with Crippen molar-refractivity contribution in [2.45, 2.75) is 6.54 Å². The van der Waals surface area contributed by atoms with Gasteiger partial charge in [0.15, 0.2) is 17.3 Å². The number of pyridine rings is 2. The van der Waals surface area contributed by atoms with Crippen LogP contribution in [0.1, 0.15) is 15.9 Å². The van der Waals surface area contributed by atoms with Gasteiger partial charge in [0.05, 0.1) is 37.8 Å². The fraction of sp³-hybridized carbons (Fsp3) is 0.154. The molecule has 2 heterocycles. The van der Waals surface area contributed by atoms with E-state index in [1.165, 1.54) is 51.0 Å². The Labute approximate surface area is 200 Å². The molecular weight excluding hydrogens is 450 g/mol. The quantitative estimate of drug-likeness (QED) is 0.391. The van der Waals surface area contributed by atoms with Gasteiger partial charge in [-0.25, -0.2) is 0 Å². The van der Waals surface area contributed by atoms with Crippen LogP contribution in [0.5, 0.6) is 17.2 Å². The van der Waals surface area contributed by atoms with Crippen molar-refractivity contribution in [1.82, 2.24) is 9.55 Å². The monoisotopic (exact) mass is 473 g/mol. The highest BCUT2D eigenvalue weighted by Crippen LogP contribution is 2.31. The number of hydrogen-bond acceptors (Lipinski definition) is 7. The normalized spacial score (nSPS) is 10.6. The number of nitrogens with one attached hydrogen (secondary N) is 1. The third-order valence-electron chi connectivity index (χ3n) is 5.46. The second kappa shape index (κ2) is 10.1. The fourth-order valence-corrected chi connectivity index (χ4v) is 3.70. The zero-order valence-electron chi connectivity index (χ0n) is 19.4. The second-order valence-corrected chi connectivity index (χ2v) is 7.57. The maximum Gasteiger partial charge on any atom is 0.244 e. The van der Waals surface area contributed by atoms with E-state index in [4.69, 9.17) is 14.2 Å². The first-order valence-electron chi connectivity index (χ1n) is 10.6. The minimum Gasteiger partial charge on any atom is -0.497 e. The van der Waals surface area contributed by atoms with Gasteiger partial charge in [-0.3, -0.25) is 19.4 Å². The van der Waals surface area contributed by atoms with Gasteiger partial charge >= 0.3 is 0 Å². The molecule has 4 aromatic rings. The van der Waals surface area contributed by atoms with Crippen LogP contribution in [0.2, 0.25) is 0 Å². The Balaban J connectivity index is 1.80. The van der Waals surface area contributed by atoms with E-state index in [0.717, 1.165) is 0 Å². The van der Waals surface area contributed by atoms with Gasteiger partial charge in [0.25, 0.3) is 0 Å². The van der Waals surface area contributed by atoms with Gasteiger partial charge in [0.1, 0.15) is 12.3 Å². The molecule has 2 aromatic heterocycles. The van der Waals surface area contributed by atoms with E-state index in [0.29, 0.717) is 34.0 Å². The molecule has 0 atom stereocenters. The zero-order valence-corrected chi connectivity index (χ0v) is 19.4. The topological polar surface area (TPSA) is 109 Å². The van der Waals surface area contributed by atoms with E-state index in [1.54, 1.807) is 42.0 Å². The second-order valence-electron chi connectivity index (χ2n) is 7.57. The molecule has 0 aliphatic rings. The van der Waals surface area contributed by atoms with Crippen molar-refractivity contribution in [3.05, 3.63) is 88.5 Å². The van der Waals surface area contributed by atoms with Crippen molar-refractivity contribution in [2.75, 3.05) is 26.6 Å². The lowest BCUT2D eigenvalue weighted by molar-refractivity contribution is -0.116. The Bertz CT molecular complexity index is 1450. The van der Waals surface area contributed by atoms with Crippen LogP contribution in [-0.4, -0.2) is 42.6 Å². The molecule has 0 saturated heterocycles. The summed E-state index contributed by atoms with van der Waals surface area (Å²) in [7, 11) is 4.49. The van der Waals surface area contributed by atoms with E-state index < -0.39 is 11.2 Å². The SMILES string of the molecule is COc1ccc(NC(=O)Cn2cc(C(=O)c3ccncc3)c(=O)c3cc(OC)c(OC)cc32)cc1. The highest BCUT2D eigenvalue weighted by atomic mass is 16.5. The van der Waals surface area contributed by atoms with E-state index >= 15 is 0 Å². The van der Waals surface area contributed by atoms with E-state index in [1.807, 2.05) is 0 Å². The Morgan fingerprint density at radius 2 is 1.57 bits per heavy atom. The molecule has 9 nitrogen and oxygen atoms in total. The third-order valence-corrected chi connectivity index (χ3v) is 5.46. The molecule has 0 fully saturated rings. The number of benzene rings is 2. The number of hydrogen-bond donors (Lipinski definition) is 1. The van der Waals surface area contributed by atoms with Crippen LogP contribution in [0, 0.1) is 0 Å². The summed E-state index contributed by atoms with van der Waals surface area (Å²) in [6, 6.07) is 13.1. The van der Waals surface area contributed by atoms with E-state index in [-0.39, 0.29) is 23.4 Å². The summed E-state index contributed by atoms with van der Waals surface area (Å²) >= 11 is 0. The van der Waals surface area contributed by atoms with Crippen molar-refractivity contribution in [2.24, 2.45) is 0 Å². The van der Waals surface area contributed by atoms with Crippen molar-refractivity contribution >= 4 is 28.3 Å². The molecule has 0 unspecified atom stereocenters. The van der Waals surface area contributed by atoms with Crippen molar-refractivity contribution in [3.63, 3.8) is 0 Å². The zero-order chi connectivity index (χ0) is 24.9. The maximum atomic E-state index is 13.3. The number of aromatic nitrogens is 2. The summed E-state index contributed by atoms with van der Waals surface area (Å²) in [6.45, 7) is -0.158. The molecule has 0 aliphatic carbocycles. The minimum atomic E-state index is -0.477. The van der Waals surface area contributed by atoms with Crippen molar-refractivity contribution < 1.29 is 23.8 Å². The fourth-order valence-electron chi connectivity index (χ4n) is 3.70. The summed E-state index contributed by atoms with van der Waals surface area (Å²) in [5, 5.41) is 3.03. The number of ketones is 1. The number of nitrogens with zero attached hydrogens (tertiary/aromatic N) is 2. The number of carbonyl (C=O) groups is 2. The minimum absolute atomic E-state index is 0.0758. The summed E-state index contributed by atoms with van der Waals surface area (Å²) in [6.07, 6.45) is 4.35. The van der Waals surface area contributed by atoms with Gasteiger partial charge in [0.2, 0.25) is 11.3 Å². The molecule has 0 aliphatic heterocycles. The molecule has 9 heteroatoms. The summed E-state index contributed by atoms with van der Waals surface area (Å²) in [4.78, 5) is 43.3. The van der Waals surface area contributed by atoms with Gasteiger partial charge in [-0.15, -0.1) is 0 Å². The predicted octanol–water partition coefficient (Wildman–Crippen LogP) is 3.29. The number of rotatable bonds is 8. The van der Waals surface area contributed by atoms with E-state index in [9.17, 15) is 14.4 Å². The molecule has 0 saturated carbocycles. The molecule has 178 valence electrons. The van der Waals surface area contributed by atoms with Crippen LogP contribution in [-0.2, 0) is 11.3 Å². The Morgan fingerprint density at radius 1 is 0.914 bits per heavy atom. The highest BCUT2D eigenvalue weighted by molar-refractivity contribution is 6.10. The van der Waals surface area contributed by atoms with Crippen LogP contribution < -0.4 is 25.0 Å². The van der Waals surface area contributed by atoms with Gasteiger partial charge in [-0.2, -0.15) is 0 Å². The lowest BCUT2D eigenvalue weighted by Crippen LogP contribution is -2.24. The first kappa shape index (κ1) is 23.5. The molecule has 0 radical (unpaired) electrons. The number of fused-ring (bicyclic) bond motifs is 1. The standard InChI is InChI=1S/C26H23N3O6/c1-33-18-6-4-17(5-7-18)28-24(30)15-29-14-20(25(31)16-8-10-27-11-9-16)26(32)19-12-22(34-2)23(35-3)13-21(19)29/h4-14H,15H2,1-3H3,(H,28,30). The highest BCUT2D eigenvalue weighted by Gasteiger charge is 2.20. The summed E-state index contributed by atoms with van der Waals surface area (Å²) in [5.74, 6) is 0.557. The Morgan fingerprint density at radius 3 is 2.20 bits per heavy atom. The Hall–Kier alpha value is -4.66. The van der Waals surface area contributed by atoms with Crippen LogP contribution in [0.25, 0.3) is 10.9 Å². The molecule has 0 spiro atoms. The maximum absolute atomic E-state index is 13.3. The number of ether oxygens (including phenoxy) is 3. The summed E-state index contributed by atoms with van der Waals surface area (Å²) < 4.78 is 17.4. The van der Waals surface area contributed by atoms with Crippen LogP contribution in [0.4, 0.5) is 5.69 Å². The number of anilines is 1. The molecule has 1 amide bonds. The van der Waals surface area contributed by atoms with Gasteiger partial charge in [-0.05, 0) is 42.5 Å². The Kier molecular flexibility index (Phi) is 6.77.